The lowest BCUT2D eigenvalue weighted by molar-refractivity contribution is -0.117. The minimum absolute atomic E-state index is 0.0931. The van der Waals surface area contributed by atoms with Crippen LogP contribution >= 0.6 is 11.3 Å². The Balaban J connectivity index is 1.92. The molecule has 0 fully saturated rings. The molecule has 0 N–H and O–H groups in total. The Bertz CT molecular complexity index is 1010. The number of carbonyl (C=O) groups excluding carboxylic acids is 1. The summed E-state index contributed by atoms with van der Waals surface area (Å²) in [5.41, 5.74) is 6.00. The van der Waals surface area contributed by atoms with Crippen molar-refractivity contribution in [3.63, 3.8) is 0 Å². The standard InChI is InChI=1S/C22H26N2OS/c1-6-24-19-11-15(4)16(5)12-20(19)26-22(24)23-21(25)13-17-7-9-18(10-8-17)14(2)3/h7-12,14H,6,13H2,1-5H3. The first kappa shape index (κ1) is 18.6. The van der Waals surface area contributed by atoms with Gasteiger partial charge < -0.3 is 4.57 Å². The molecule has 0 saturated heterocycles. The summed E-state index contributed by atoms with van der Waals surface area (Å²) in [6.07, 6.45) is 0.342. The summed E-state index contributed by atoms with van der Waals surface area (Å²) >= 11 is 1.59. The Morgan fingerprint density at radius 1 is 1.12 bits per heavy atom. The maximum absolute atomic E-state index is 12.5. The Morgan fingerprint density at radius 3 is 2.38 bits per heavy atom. The lowest BCUT2D eigenvalue weighted by atomic mass is 10.0. The van der Waals surface area contributed by atoms with Gasteiger partial charge in [-0.05, 0) is 61.1 Å². The number of thiazole rings is 1. The van der Waals surface area contributed by atoms with Crippen LogP contribution in [0.1, 0.15) is 48.9 Å². The zero-order valence-electron chi connectivity index (χ0n) is 16.2. The van der Waals surface area contributed by atoms with Gasteiger partial charge in [0.1, 0.15) is 0 Å². The lowest BCUT2D eigenvalue weighted by Gasteiger charge is -2.05. The molecule has 1 amide bonds. The molecule has 0 saturated carbocycles. The van der Waals surface area contributed by atoms with Gasteiger partial charge in [0.2, 0.25) is 0 Å². The molecule has 0 aliphatic heterocycles. The third-order valence-electron chi connectivity index (χ3n) is 4.84. The average molecular weight is 367 g/mol. The second-order valence-corrected chi connectivity index (χ2v) is 8.12. The van der Waals surface area contributed by atoms with E-state index in [4.69, 9.17) is 0 Å². The lowest BCUT2D eigenvalue weighted by Crippen LogP contribution is -2.16. The molecule has 1 aromatic heterocycles. The van der Waals surface area contributed by atoms with Gasteiger partial charge in [-0.2, -0.15) is 4.99 Å². The van der Waals surface area contributed by atoms with Gasteiger partial charge in [0, 0.05) is 6.54 Å². The topological polar surface area (TPSA) is 34.4 Å². The molecule has 26 heavy (non-hydrogen) atoms. The van der Waals surface area contributed by atoms with Gasteiger partial charge in [0.05, 0.1) is 16.6 Å². The summed E-state index contributed by atoms with van der Waals surface area (Å²) in [6.45, 7) is 11.5. The van der Waals surface area contributed by atoms with Crippen LogP contribution in [-0.4, -0.2) is 10.5 Å². The normalized spacial score (nSPS) is 12.3. The molecular formula is C22H26N2OS. The molecule has 0 radical (unpaired) electrons. The minimum atomic E-state index is -0.0931. The molecular weight excluding hydrogens is 340 g/mol. The molecule has 3 rings (SSSR count). The number of aryl methyl sites for hydroxylation is 3. The van der Waals surface area contributed by atoms with Crippen molar-refractivity contribution < 1.29 is 4.79 Å². The van der Waals surface area contributed by atoms with Crippen molar-refractivity contribution in [1.82, 2.24) is 4.57 Å². The number of nitrogens with zero attached hydrogens (tertiary/aromatic N) is 2. The van der Waals surface area contributed by atoms with Crippen LogP contribution in [0.4, 0.5) is 0 Å². The molecule has 3 nitrogen and oxygen atoms in total. The smallest absolute Gasteiger partial charge is 0.252 e. The van der Waals surface area contributed by atoms with Crippen LogP contribution in [0.15, 0.2) is 41.4 Å². The molecule has 3 aromatic rings. The van der Waals surface area contributed by atoms with Crippen molar-refractivity contribution >= 4 is 27.5 Å². The van der Waals surface area contributed by atoms with Gasteiger partial charge in [-0.15, -0.1) is 0 Å². The third-order valence-corrected chi connectivity index (χ3v) is 5.88. The van der Waals surface area contributed by atoms with Crippen molar-refractivity contribution in [2.45, 2.75) is 53.5 Å². The highest BCUT2D eigenvalue weighted by Gasteiger charge is 2.09. The predicted molar refractivity (Wildman–Crippen MR) is 110 cm³/mol. The van der Waals surface area contributed by atoms with Gasteiger partial charge in [0.25, 0.3) is 5.91 Å². The van der Waals surface area contributed by atoms with Gasteiger partial charge in [-0.3, -0.25) is 4.79 Å². The van der Waals surface area contributed by atoms with E-state index in [1.165, 1.54) is 21.4 Å². The van der Waals surface area contributed by atoms with Crippen LogP contribution in [0, 0.1) is 13.8 Å². The van der Waals surface area contributed by atoms with Crippen molar-refractivity contribution in [1.29, 1.82) is 0 Å². The highest BCUT2D eigenvalue weighted by molar-refractivity contribution is 7.16. The fourth-order valence-corrected chi connectivity index (χ4v) is 4.24. The second kappa shape index (κ2) is 7.58. The number of carbonyl (C=O) groups is 1. The molecule has 136 valence electrons. The van der Waals surface area contributed by atoms with E-state index < -0.39 is 0 Å². The van der Waals surface area contributed by atoms with Crippen molar-refractivity contribution in [2.75, 3.05) is 0 Å². The summed E-state index contributed by atoms with van der Waals surface area (Å²) < 4.78 is 3.31. The zero-order valence-corrected chi connectivity index (χ0v) is 17.0. The summed E-state index contributed by atoms with van der Waals surface area (Å²) in [6, 6.07) is 12.7. The quantitative estimate of drug-likeness (QED) is 0.630. The zero-order chi connectivity index (χ0) is 18.8. The van der Waals surface area contributed by atoms with Gasteiger partial charge >= 0.3 is 0 Å². The SMILES string of the molecule is CCn1c(=NC(=O)Cc2ccc(C(C)C)cc2)sc2cc(C)c(C)cc21. The van der Waals surface area contributed by atoms with Crippen molar-refractivity contribution in [3.05, 3.63) is 63.5 Å². The molecule has 0 bridgehead atoms. The number of aromatic nitrogens is 1. The number of hydrogen-bond acceptors (Lipinski definition) is 2. The van der Waals surface area contributed by atoms with Crippen LogP contribution in [0.2, 0.25) is 0 Å². The average Bonchev–Trinajstić information content (AvgIpc) is 2.91. The van der Waals surface area contributed by atoms with Crippen LogP contribution in [-0.2, 0) is 17.8 Å². The first-order valence-corrected chi connectivity index (χ1v) is 9.97. The number of benzene rings is 2. The van der Waals surface area contributed by atoms with Crippen LogP contribution in [0.5, 0.6) is 0 Å². The van der Waals surface area contributed by atoms with Gasteiger partial charge in [-0.1, -0.05) is 49.4 Å². The molecule has 0 unspecified atom stereocenters. The second-order valence-electron chi connectivity index (χ2n) is 7.11. The largest absolute Gasteiger partial charge is 0.317 e. The predicted octanol–water partition coefficient (Wildman–Crippen LogP) is 5.13. The van der Waals surface area contributed by atoms with Crippen LogP contribution in [0.3, 0.4) is 0 Å². The summed E-state index contributed by atoms with van der Waals surface area (Å²) in [4.78, 5) is 17.7. The monoisotopic (exact) mass is 366 g/mol. The molecule has 4 heteroatoms. The van der Waals surface area contributed by atoms with E-state index in [0.29, 0.717) is 12.3 Å². The van der Waals surface area contributed by atoms with E-state index in [9.17, 15) is 4.79 Å². The number of fused-ring (bicyclic) bond motifs is 1. The fraction of sp³-hybridized carbons (Fsp3) is 0.364. The Kier molecular flexibility index (Phi) is 5.42. The maximum atomic E-state index is 12.5. The molecule has 2 aromatic carbocycles. The van der Waals surface area contributed by atoms with E-state index in [-0.39, 0.29) is 5.91 Å². The Morgan fingerprint density at radius 2 is 1.77 bits per heavy atom. The minimum Gasteiger partial charge on any atom is -0.317 e. The van der Waals surface area contributed by atoms with Crippen molar-refractivity contribution in [3.8, 4) is 0 Å². The highest BCUT2D eigenvalue weighted by atomic mass is 32.1. The maximum Gasteiger partial charge on any atom is 0.252 e. The molecule has 0 aliphatic carbocycles. The van der Waals surface area contributed by atoms with E-state index in [0.717, 1.165) is 22.4 Å². The van der Waals surface area contributed by atoms with Crippen molar-refractivity contribution in [2.24, 2.45) is 4.99 Å². The summed E-state index contributed by atoms with van der Waals surface area (Å²) in [5, 5.41) is 0. The molecule has 0 aliphatic rings. The van der Waals surface area contributed by atoms with Gasteiger partial charge in [0.15, 0.2) is 4.80 Å². The summed E-state index contributed by atoms with van der Waals surface area (Å²) in [5.74, 6) is 0.405. The van der Waals surface area contributed by atoms with E-state index in [1.807, 2.05) is 12.1 Å². The fourth-order valence-electron chi connectivity index (χ4n) is 3.05. The number of amides is 1. The molecule has 1 heterocycles. The number of hydrogen-bond donors (Lipinski definition) is 0. The van der Waals surface area contributed by atoms with E-state index in [1.54, 1.807) is 11.3 Å². The molecule has 0 atom stereocenters. The van der Waals surface area contributed by atoms with Crippen LogP contribution in [0.25, 0.3) is 10.2 Å². The summed E-state index contributed by atoms with van der Waals surface area (Å²) in [7, 11) is 0. The van der Waals surface area contributed by atoms with E-state index in [2.05, 4.69) is 68.4 Å². The first-order valence-electron chi connectivity index (χ1n) is 9.16. The van der Waals surface area contributed by atoms with Crippen LogP contribution < -0.4 is 4.80 Å². The van der Waals surface area contributed by atoms with Gasteiger partial charge in [-0.25, -0.2) is 0 Å². The Labute approximate surface area is 159 Å². The highest BCUT2D eigenvalue weighted by Crippen LogP contribution is 2.22. The Hall–Kier alpha value is -2.20. The first-order chi connectivity index (χ1) is 12.4. The number of rotatable bonds is 4. The third kappa shape index (κ3) is 3.80. The van der Waals surface area contributed by atoms with E-state index >= 15 is 0 Å². The molecule has 0 spiro atoms.